The summed E-state index contributed by atoms with van der Waals surface area (Å²) in [4.78, 5) is 15.6. The van der Waals surface area contributed by atoms with Crippen LogP contribution in [0, 0.1) is 0 Å². The summed E-state index contributed by atoms with van der Waals surface area (Å²) < 4.78 is 4.35. The highest BCUT2D eigenvalue weighted by molar-refractivity contribution is 5.75. The number of carbonyl (C=O) groups excluding carboxylic acids is 1. The average Bonchev–Trinajstić information content (AvgIpc) is 2.17. The van der Waals surface area contributed by atoms with Crippen LogP contribution in [-0.4, -0.2) is 23.5 Å². The molecule has 0 radical (unpaired) electrons. The SMILES string of the molecule is CCC(O)OC(=O)C(N=[N+]=[N-])N=[N+]=[N-]. The minimum Gasteiger partial charge on any atom is -0.436 e. The molecule has 1 unspecified atom stereocenters. The molecule has 0 aliphatic rings. The van der Waals surface area contributed by atoms with Crippen molar-refractivity contribution in [2.24, 2.45) is 10.2 Å². The number of azide groups is 1. The number of hydrogen-bond acceptors (Lipinski definition) is 5. The van der Waals surface area contributed by atoms with Crippen LogP contribution < -0.4 is 0 Å². The predicted octanol–water partition coefficient (Wildman–Crippen LogP) is 1.20. The molecular weight excluding hydrogens is 192 g/mol. The van der Waals surface area contributed by atoms with Gasteiger partial charge in [0.15, 0.2) is 6.29 Å². The lowest BCUT2D eigenvalue weighted by molar-refractivity contribution is -0.169. The Kier molecular flexibility index (Phi) is 5.64. The van der Waals surface area contributed by atoms with E-state index in [1.54, 1.807) is 6.92 Å². The lowest BCUT2D eigenvalue weighted by atomic mass is 10.4. The summed E-state index contributed by atoms with van der Waals surface area (Å²) in [5.41, 5.74) is 16.0. The van der Waals surface area contributed by atoms with Crippen LogP contribution in [0.4, 0.5) is 0 Å². The molecule has 0 amide bonds. The number of aliphatic hydroxyl groups excluding tert-OH is 1. The van der Waals surface area contributed by atoms with Crippen LogP contribution in [-0.2, 0) is 9.53 Å². The van der Waals surface area contributed by atoms with E-state index in [9.17, 15) is 4.79 Å². The molecule has 9 nitrogen and oxygen atoms in total. The van der Waals surface area contributed by atoms with E-state index < -0.39 is 18.4 Å². The van der Waals surface area contributed by atoms with E-state index in [1.165, 1.54) is 0 Å². The fourth-order valence-corrected chi connectivity index (χ4v) is 0.493. The Morgan fingerprint density at radius 1 is 1.50 bits per heavy atom. The number of esters is 1. The van der Waals surface area contributed by atoms with Crippen molar-refractivity contribution in [2.45, 2.75) is 25.8 Å². The first-order valence-electron chi connectivity index (χ1n) is 3.62. The summed E-state index contributed by atoms with van der Waals surface area (Å²) in [7, 11) is 0. The van der Waals surface area contributed by atoms with Crippen LogP contribution in [0.5, 0.6) is 0 Å². The number of ether oxygens (including phenoxy) is 1. The van der Waals surface area contributed by atoms with E-state index in [0.29, 0.717) is 0 Å². The van der Waals surface area contributed by atoms with Gasteiger partial charge in [0.2, 0.25) is 6.17 Å². The van der Waals surface area contributed by atoms with Gasteiger partial charge in [-0.1, -0.05) is 17.2 Å². The first-order chi connectivity index (χ1) is 6.65. The maximum atomic E-state index is 11.0. The first kappa shape index (κ1) is 12.0. The molecule has 0 aromatic carbocycles. The Bertz CT molecular complexity index is 274. The van der Waals surface area contributed by atoms with Crippen molar-refractivity contribution in [2.75, 3.05) is 0 Å². The summed E-state index contributed by atoms with van der Waals surface area (Å²) in [5.74, 6) is -1.09. The van der Waals surface area contributed by atoms with Crippen molar-refractivity contribution in [3.05, 3.63) is 20.9 Å². The van der Waals surface area contributed by atoms with Gasteiger partial charge in [-0.15, -0.1) is 0 Å². The number of carbonyl (C=O) groups is 1. The molecule has 1 N–H and O–H groups in total. The van der Waals surface area contributed by atoms with E-state index in [-0.39, 0.29) is 6.42 Å². The third kappa shape index (κ3) is 4.17. The number of aliphatic hydroxyl groups is 1. The molecule has 14 heavy (non-hydrogen) atoms. The zero-order valence-electron chi connectivity index (χ0n) is 7.31. The Balaban J connectivity index is 4.44. The summed E-state index contributed by atoms with van der Waals surface area (Å²) in [6.07, 6.45) is -2.73. The molecule has 0 aromatic rings. The lowest BCUT2D eigenvalue weighted by Gasteiger charge is -2.10. The van der Waals surface area contributed by atoms with E-state index >= 15 is 0 Å². The number of nitrogens with zero attached hydrogens (tertiary/aromatic N) is 6. The van der Waals surface area contributed by atoms with Crippen LogP contribution in [0.15, 0.2) is 10.2 Å². The molecule has 0 rings (SSSR count). The zero-order chi connectivity index (χ0) is 11.0. The number of hydrogen-bond donors (Lipinski definition) is 1. The van der Waals surface area contributed by atoms with Gasteiger partial charge in [0.05, 0.1) is 0 Å². The highest BCUT2D eigenvalue weighted by Gasteiger charge is 2.19. The van der Waals surface area contributed by atoms with Crippen LogP contribution in [0.25, 0.3) is 20.9 Å². The molecule has 0 aromatic heterocycles. The quantitative estimate of drug-likeness (QED) is 0.234. The average molecular weight is 200 g/mol. The maximum Gasteiger partial charge on any atom is 0.323 e. The van der Waals surface area contributed by atoms with Crippen molar-refractivity contribution in [1.82, 2.24) is 0 Å². The van der Waals surface area contributed by atoms with Gasteiger partial charge in [-0.3, -0.25) is 4.79 Å². The van der Waals surface area contributed by atoms with Crippen molar-refractivity contribution < 1.29 is 14.6 Å². The minimum absolute atomic E-state index is 0.186. The number of rotatable bonds is 5. The Hall–Kier alpha value is -1.95. The molecule has 9 heteroatoms. The third-order valence-electron chi connectivity index (χ3n) is 1.13. The molecule has 0 aliphatic carbocycles. The van der Waals surface area contributed by atoms with Crippen molar-refractivity contribution in [3.63, 3.8) is 0 Å². The van der Waals surface area contributed by atoms with Gasteiger partial charge in [0.1, 0.15) is 0 Å². The Morgan fingerprint density at radius 2 is 2.00 bits per heavy atom. The van der Waals surface area contributed by atoms with Gasteiger partial charge >= 0.3 is 5.97 Å². The summed E-state index contributed by atoms with van der Waals surface area (Å²) in [5, 5.41) is 14.7. The Morgan fingerprint density at radius 3 is 2.36 bits per heavy atom. The summed E-state index contributed by atoms with van der Waals surface area (Å²) in [6, 6.07) is 0. The van der Waals surface area contributed by atoms with Gasteiger partial charge in [0.25, 0.3) is 0 Å². The fourth-order valence-electron chi connectivity index (χ4n) is 0.493. The molecule has 0 fully saturated rings. The van der Waals surface area contributed by atoms with Crippen LogP contribution in [0.1, 0.15) is 13.3 Å². The van der Waals surface area contributed by atoms with E-state index in [4.69, 9.17) is 16.2 Å². The third-order valence-corrected chi connectivity index (χ3v) is 1.13. The minimum atomic E-state index is -1.62. The fraction of sp³-hybridized carbons (Fsp3) is 0.800. The highest BCUT2D eigenvalue weighted by Crippen LogP contribution is 2.02. The molecule has 0 saturated carbocycles. The zero-order valence-corrected chi connectivity index (χ0v) is 7.31. The van der Waals surface area contributed by atoms with Gasteiger partial charge in [-0.2, -0.15) is 0 Å². The van der Waals surface area contributed by atoms with Crippen LogP contribution in [0.3, 0.4) is 0 Å². The van der Waals surface area contributed by atoms with Crippen molar-refractivity contribution in [1.29, 1.82) is 0 Å². The second-order valence-electron chi connectivity index (χ2n) is 2.08. The largest absolute Gasteiger partial charge is 0.436 e. The summed E-state index contributed by atoms with van der Waals surface area (Å²) in [6.45, 7) is 1.58. The van der Waals surface area contributed by atoms with Crippen LogP contribution in [0.2, 0.25) is 0 Å². The van der Waals surface area contributed by atoms with Crippen LogP contribution >= 0.6 is 0 Å². The maximum absolute atomic E-state index is 11.0. The molecule has 0 spiro atoms. The predicted molar refractivity (Wildman–Crippen MR) is 44.5 cm³/mol. The van der Waals surface area contributed by atoms with Gasteiger partial charge in [-0.25, -0.2) is 0 Å². The van der Waals surface area contributed by atoms with Crippen molar-refractivity contribution >= 4 is 5.97 Å². The topological polar surface area (TPSA) is 144 Å². The normalized spacial score (nSPS) is 13.0. The molecule has 1 atom stereocenters. The first-order valence-corrected chi connectivity index (χ1v) is 3.62. The second kappa shape index (κ2) is 6.55. The monoisotopic (exact) mass is 200 g/mol. The smallest absolute Gasteiger partial charge is 0.323 e. The lowest BCUT2D eigenvalue weighted by Crippen LogP contribution is -2.24. The summed E-state index contributed by atoms with van der Waals surface area (Å²) >= 11 is 0. The van der Waals surface area contributed by atoms with Gasteiger partial charge < -0.3 is 9.84 Å². The second-order valence-corrected chi connectivity index (χ2v) is 2.08. The van der Waals surface area contributed by atoms with E-state index in [1.807, 2.05) is 0 Å². The van der Waals surface area contributed by atoms with Crippen molar-refractivity contribution in [3.8, 4) is 0 Å². The molecule has 0 aliphatic heterocycles. The molecule has 0 heterocycles. The highest BCUT2D eigenvalue weighted by atomic mass is 16.6. The molecule has 0 bridgehead atoms. The van der Waals surface area contributed by atoms with E-state index in [0.717, 1.165) is 0 Å². The molecule has 76 valence electrons. The van der Waals surface area contributed by atoms with Gasteiger partial charge in [0, 0.05) is 16.2 Å². The van der Waals surface area contributed by atoms with E-state index in [2.05, 4.69) is 24.8 Å². The molecule has 0 saturated heterocycles. The van der Waals surface area contributed by atoms with Gasteiger partial charge in [-0.05, 0) is 11.1 Å². The molecular formula is C5H8N6O3. The standard InChI is InChI=1S/C5H8N6O3/c1-2-3(12)14-5(13)4(8-10-6)9-11-7/h3-4,12H,2H2,1H3. The Labute approximate surface area is 78.5 Å².